The van der Waals surface area contributed by atoms with E-state index in [2.05, 4.69) is 10.3 Å². The summed E-state index contributed by atoms with van der Waals surface area (Å²) in [5.74, 6) is 0. The van der Waals surface area contributed by atoms with Gasteiger partial charge in [0.1, 0.15) is 0 Å². The molecule has 1 fully saturated rings. The van der Waals surface area contributed by atoms with E-state index in [1.165, 1.54) is 0 Å². The molecular formula is C10H14N2O. The molecule has 1 aliphatic carbocycles. The molecule has 0 spiro atoms. The molecule has 0 radical (unpaired) electrons. The molecule has 1 aromatic rings. The zero-order chi connectivity index (χ0) is 9.10. The highest BCUT2D eigenvalue weighted by molar-refractivity contribution is 5.41. The zero-order valence-electron chi connectivity index (χ0n) is 7.48. The number of aliphatic hydroxyl groups is 1. The van der Waals surface area contributed by atoms with E-state index < -0.39 is 0 Å². The summed E-state index contributed by atoms with van der Waals surface area (Å²) in [6.45, 7) is 0. The summed E-state index contributed by atoms with van der Waals surface area (Å²) in [5, 5.41) is 12.7. The van der Waals surface area contributed by atoms with Gasteiger partial charge in [-0.05, 0) is 31.4 Å². The molecule has 3 heteroatoms. The zero-order valence-corrected chi connectivity index (χ0v) is 7.48. The predicted molar refractivity (Wildman–Crippen MR) is 51.5 cm³/mol. The van der Waals surface area contributed by atoms with E-state index in [-0.39, 0.29) is 6.10 Å². The highest BCUT2D eigenvalue weighted by atomic mass is 16.3. The monoisotopic (exact) mass is 178 g/mol. The fourth-order valence-corrected chi connectivity index (χ4v) is 1.77. The maximum absolute atomic E-state index is 9.33. The Kier molecular flexibility index (Phi) is 2.45. The molecule has 0 bridgehead atoms. The summed E-state index contributed by atoms with van der Waals surface area (Å²) in [6.07, 6.45) is 6.27. The molecule has 3 nitrogen and oxygen atoms in total. The number of anilines is 1. The molecule has 1 aliphatic rings. The fourth-order valence-electron chi connectivity index (χ4n) is 1.77. The molecule has 2 atom stereocenters. The van der Waals surface area contributed by atoms with Crippen molar-refractivity contribution in [1.82, 2.24) is 4.98 Å². The van der Waals surface area contributed by atoms with Gasteiger partial charge in [0.05, 0.1) is 6.10 Å². The largest absolute Gasteiger partial charge is 0.393 e. The van der Waals surface area contributed by atoms with Crippen LogP contribution >= 0.6 is 0 Å². The SMILES string of the molecule is O[C@@H]1CC[C@H](Nc2ccncc2)C1. The second-order valence-corrected chi connectivity index (χ2v) is 3.54. The van der Waals surface area contributed by atoms with Crippen LogP contribution in [0.3, 0.4) is 0 Å². The Bertz CT molecular complexity index is 263. The van der Waals surface area contributed by atoms with Gasteiger partial charge in [0.15, 0.2) is 0 Å². The van der Waals surface area contributed by atoms with Gasteiger partial charge in [0, 0.05) is 24.1 Å². The Labute approximate surface area is 77.8 Å². The van der Waals surface area contributed by atoms with Crippen molar-refractivity contribution in [3.63, 3.8) is 0 Å². The Morgan fingerprint density at radius 1 is 1.31 bits per heavy atom. The van der Waals surface area contributed by atoms with Crippen molar-refractivity contribution in [3.8, 4) is 0 Å². The van der Waals surface area contributed by atoms with Gasteiger partial charge in [-0.2, -0.15) is 0 Å². The summed E-state index contributed by atoms with van der Waals surface area (Å²) < 4.78 is 0. The third-order valence-electron chi connectivity index (χ3n) is 2.46. The minimum Gasteiger partial charge on any atom is -0.393 e. The van der Waals surface area contributed by atoms with Crippen LogP contribution in [0.25, 0.3) is 0 Å². The predicted octanol–water partition coefficient (Wildman–Crippen LogP) is 1.41. The third kappa shape index (κ3) is 2.18. The number of nitrogens with zero attached hydrogens (tertiary/aromatic N) is 1. The lowest BCUT2D eigenvalue weighted by Gasteiger charge is -2.12. The van der Waals surface area contributed by atoms with Crippen LogP contribution in [0.2, 0.25) is 0 Å². The van der Waals surface area contributed by atoms with Crippen LogP contribution in [0.1, 0.15) is 19.3 Å². The average Bonchev–Trinajstić information content (AvgIpc) is 2.53. The quantitative estimate of drug-likeness (QED) is 0.719. The van der Waals surface area contributed by atoms with Crippen molar-refractivity contribution in [2.24, 2.45) is 0 Å². The molecule has 2 N–H and O–H groups in total. The van der Waals surface area contributed by atoms with E-state index in [0.717, 1.165) is 24.9 Å². The van der Waals surface area contributed by atoms with Crippen LogP contribution < -0.4 is 5.32 Å². The Hall–Kier alpha value is -1.09. The fraction of sp³-hybridized carbons (Fsp3) is 0.500. The third-order valence-corrected chi connectivity index (χ3v) is 2.46. The number of nitrogens with one attached hydrogen (secondary N) is 1. The normalized spacial score (nSPS) is 27.5. The molecule has 0 amide bonds. The van der Waals surface area contributed by atoms with Gasteiger partial charge in [-0.1, -0.05) is 0 Å². The molecular weight excluding hydrogens is 164 g/mol. The molecule has 0 saturated heterocycles. The number of hydrogen-bond donors (Lipinski definition) is 2. The van der Waals surface area contributed by atoms with Crippen molar-refractivity contribution in [2.45, 2.75) is 31.4 Å². The van der Waals surface area contributed by atoms with Gasteiger partial charge in [0.25, 0.3) is 0 Å². The van der Waals surface area contributed by atoms with E-state index in [9.17, 15) is 5.11 Å². The van der Waals surface area contributed by atoms with Crippen molar-refractivity contribution in [3.05, 3.63) is 24.5 Å². The number of hydrogen-bond acceptors (Lipinski definition) is 3. The van der Waals surface area contributed by atoms with Crippen molar-refractivity contribution in [2.75, 3.05) is 5.32 Å². The molecule has 0 aliphatic heterocycles. The molecule has 1 heterocycles. The maximum Gasteiger partial charge on any atom is 0.0560 e. The first-order valence-corrected chi connectivity index (χ1v) is 4.69. The first-order valence-electron chi connectivity index (χ1n) is 4.69. The van der Waals surface area contributed by atoms with Gasteiger partial charge in [-0.25, -0.2) is 0 Å². The van der Waals surface area contributed by atoms with E-state index in [0.29, 0.717) is 6.04 Å². The van der Waals surface area contributed by atoms with Crippen LogP contribution in [-0.4, -0.2) is 22.2 Å². The first-order chi connectivity index (χ1) is 6.34. The lowest BCUT2D eigenvalue weighted by molar-refractivity contribution is 0.182. The van der Waals surface area contributed by atoms with Gasteiger partial charge in [0.2, 0.25) is 0 Å². The van der Waals surface area contributed by atoms with Crippen LogP contribution in [0.15, 0.2) is 24.5 Å². The van der Waals surface area contributed by atoms with Gasteiger partial charge < -0.3 is 10.4 Å². The van der Waals surface area contributed by atoms with Crippen LogP contribution in [0, 0.1) is 0 Å². The topological polar surface area (TPSA) is 45.1 Å². The molecule has 13 heavy (non-hydrogen) atoms. The van der Waals surface area contributed by atoms with Gasteiger partial charge >= 0.3 is 0 Å². The average molecular weight is 178 g/mol. The van der Waals surface area contributed by atoms with Crippen molar-refractivity contribution < 1.29 is 5.11 Å². The number of rotatable bonds is 2. The smallest absolute Gasteiger partial charge is 0.0560 e. The second-order valence-electron chi connectivity index (χ2n) is 3.54. The maximum atomic E-state index is 9.33. The summed E-state index contributed by atoms with van der Waals surface area (Å²) >= 11 is 0. The lowest BCUT2D eigenvalue weighted by Crippen LogP contribution is -2.16. The molecule has 0 unspecified atom stereocenters. The van der Waals surface area contributed by atoms with Crippen molar-refractivity contribution >= 4 is 5.69 Å². The number of pyridine rings is 1. The summed E-state index contributed by atoms with van der Waals surface area (Å²) in [4.78, 5) is 3.95. The van der Waals surface area contributed by atoms with Gasteiger partial charge in [-0.15, -0.1) is 0 Å². The van der Waals surface area contributed by atoms with Crippen molar-refractivity contribution in [1.29, 1.82) is 0 Å². The van der Waals surface area contributed by atoms with E-state index in [1.807, 2.05) is 12.1 Å². The summed E-state index contributed by atoms with van der Waals surface area (Å²) in [5.41, 5.74) is 1.09. The standard InChI is InChI=1S/C10H14N2O/c13-10-2-1-9(7-10)12-8-3-5-11-6-4-8/h3-6,9-10,13H,1-2,7H2,(H,11,12)/t9-,10+/m0/s1. The number of aliphatic hydroxyl groups excluding tert-OH is 1. The molecule has 0 aromatic carbocycles. The van der Waals surface area contributed by atoms with Crippen LogP contribution in [0.5, 0.6) is 0 Å². The highest BCUT2D eigenvalue weighted by Crippen LogP contribution is 2.22. The van der Waals surface area contributed by atoms with Crippen LogP contribution in [-0.2, 0) is 0 Å². The minimum atomic E-state index is -0.112. The Morgan fingerprint density at radius 2 is 2.08 bits per heavy atom. The lowest BCUT2D eigenvalue weighted by atomic mass is 10.2. The van der Waals surface area contributed by atoms with E-state index in [1.54, 1.807) is 12.4 Å². The first kappa shape index (κ1) is 8.51. The summed E-state index contributed by atoms with van der Waals surface area (Å²) in [7, 11) is 0. The van der Waals surface area contributed by atoms with E-state index >= 15 is 0 Å². The molecule has 1 aromatic heterocycles. The molecule has 1 saturated carbocycles. The van der Waals surface area contributed by atoms with E-state index in [4.69, 9.17) is 0 Å². The summed E-state index contributed by atoms with van der Waals surface area (Å²) in [6, 6.07) is 4.33. The highest BCUT2D eigenvalue weighted by Gasteiger charge is 2.22. The molecule has 70 valence electrons. The number of aromatic nitrogens is 1. The minimum absolute atomic E-state index is 0.112. The van der Waals surface area contributed by atoms with Crippen LogP contribution in [0.4, 0.5) is 5.69 Å². The second kappa shape index (κ2) is 3.75. The Balaban J connectivity index is 1.92. The Morgan fingerprint density at radius 3 is 2.69 bits per heavy atom. The molecule has 2 rings (SSSR count). The van der Waals surface area contributed by atoms with Gasteiger partial charge in [-0.3, -0.25) is 4.98 Å².